The minimum absolute atomic E-state index is 0. The summed E-state index contributed by atoms with van der Waals surface area (Å²) >= 11 is 4.89. The van der Waals surface area contributed by atoms with Crippen molar-refractivity contribution in [1.29, 1.82) is 0 Å². The van der Waals surface area contributed by atoms with E-state index in [0.29, 0.717) is 5.16 Å². The second kappa shape index (κ2) is 7.04. The van der Waals surface area contributed by atoms with Crippen LogP contribution in [-0.4, -0.2) is 19.6 Å². The predicted octanol–water partition coefficient (Wildman–Crippen LogP) is -0.808. The van der Waals surface area contributed by atoms with Crippen molar-refractivity contribution < 1.29 is 31.5 Å². The maximum atomic E-state index is 4.89. The molecule has 0 N–H and O–H groups in total. The Morgan fingerprint density at radius 1 is 1.00 bits per heavy atom. The number of hydrogen-bond donors (Lipinski definition) is 0. The van der Waals surface area contributed by atoms with Gasteiger partial charge in [-0.1, -0.05) is 0 Å². The van der Waals surface area contributed by atoms with Crippen LogP contribution in [0.15, 0.2) is 5.16 Å². The van der Waals surface area contributed by atoms with Crippen molar-refractivity contribution >= 4 is 12.6 Å². The molecular formula is C11H20AuN6S. The Morgan fingerprint density at radius 3 is 1.53 bits per heavy atom. The maximum Gasteiger partial charge on any atom is 0.230 e. The molecule has 0 saturated heterocycles. The standard InChI is InChI=1S/C6H11N3.C5H9N3S.Au/c1-5-7-9(4)6(2)8(5)3;1-4-7(2)5(9)6-8(4)3;/h1H2,2-4H3;1-3H3;. The first-order valence-electron chi connectivity index (χ1n) is 5.54. The quantitative estimate of drug-likeness (QED) is 0.221. The van der Waals surface area contributed by atoms with Crippen LogP contribution in [0.2, 0.25) is 0 Å². The van der Waals surface area contributed by atoms with Gasteiger partial charge >= 0.3 is 0 Å². The Kier molecular flexibility index (Phi) is 6.71. The van der Waals surface area contributed by atoms with E-state index in [2.05, 4.69) is 17.1 Å². The van der Waals surface area contributed by atoms with Crippen LogP contribution in [0, 0.1) is 20.8 Å². The summed E-state index contributed by atoms with van der Waals surface area (Å²) in [5, 5.41) is 8.72. The summed E-state index contributed by atoms with van der Waals surface area (Å²) in [7, 11) is 7.64. The molecule has 111 valence electrons. The van der Waals surface area contributed by atoms with Crippen molar-refractivity contribution in [3.05, 3.63) is 24.4 Å². The summed E-state index contributed by atoms with van der Waals surface area (Å²) in [5.74, 6) is 2.98. The largest absolute Gasteiger partial charge is 0.703 e. The second-order valence-electron chi connectivity index (χ2n) is 4.16. The predicted molar refractivity (Wildman–Crippen MR) is 68.3 cm³/mol. The van der Waals surface area contributed by atoms with Gasteiger partial charge in [-0.2, -0.15) is 0 Å². The fraction of sp³-hybridized carbons (Fsp3) is 0.545. The average Bonchev–Trinajstić information content (AvgIpc) is 2.66. The summed E-state index contributed by atoms with van der Waals surface area (Å²) in [5.41, 5.74) is 0. The number of nitrogens with zero attached hydrogens (tertiary/aromatic N) is 6. The van der Waals surface area contributed by atoms with Gasteiger partial charge < -0.3 is 19.6 Å². The molecule has 8 heteroatoms. The molecule has 2 rings (SSSR count). The molecule has 2 heterocycles. The van der Waals surface area contributed by atoms with E-state index in [1.54, 1.807) is 4.68 Å². The fourth-order valence-corrected chi connectivity index (χ4v) is 1.59. The van der Waals surface area contributed by atoms with E-state index < -0.39 is 0 Å². The molecule has 19 heavy (non-hydrogen) atoms. The van der Waals surface area contributed by atoms with Gasteiger partial charge in [0.05, 0.1) is 28.2 Å². The van der Waals surface area contributed by atoms with E-state index in [-0.39, 0.29) is 22.4 Å². The summed E-state index contributed by atoms with van der Waals surface area (Å²) < 4.78 is 7.39. The number of rotatable bonds is 0. The van der Waals surface area contributed by atoms with Gasteiger partial charge in [0, 0.05) is 46.4 Å². The van der Waals surface area contributed by atoms with E-state index in [1.807, 2.05) is 55.9 Å². The molecule has 1 radical (unpaired) electrons. The Labute approximate surface area is 135 Å². The minimum atomic E-state index is 0. The van der Waals surface area contributed by atoms with Gasteiger partial charge in [-0.15, -0.1) is 9.36 Å². The van der Waals surface area contributed by atoms with Crippen molar-refractivity contribution in [2.24, 2.45) is 28.2 Å². The molecule has 2 aromatic rings. The number of aryl methyl sites for hydroxylation is 2. The van der Waals surface area contributed by atoms with Gasteiger partial charge in [-0.25, -0.2) is 0 Å². The third kappa shape index (κ3) is 4.04. The molecule has 2 aromatic heterocycles. The average molecular weight is 465 g/mol. The smallest absolute Gasteiger partial charge is 0.230 e. The van der Waals surface area contributed by atoms with E-state index in [4.69, 9.17) is 12.6 Å². The summed E-state index contributed by atoms with van der Waals surface area (Å²) in [6.45, 7) is 7.71. The van der Waals surface area contributed by atoms with Crippen molar-refractivity contribution in [3.8, 4) is 0 Å². The Hall–Kier alpha value is -0.890. The van der Waals surface area contributed by atoms with Crippen molar-refractivity contribution in [2.45, 2.75) is 19.0 Å². The van der Waals surface area contributed by atoms with Crippen LogP contribution < -0.4 is 9.13 Å². The number of hydrogen-bond acceptors (Lipinski definition) is 3. The third-order valence-electron chi connectivity index (χ3n) is 3.08. The Bertz CT molecular complexity index is 465. The fourth-order valence-electron chi connectivity index (χ4n) is 1.34. The molecule has 0 saturated carbocycles. The maximum absolute atomic E-state index is 4.89. The van der Waals surface area contributed by atoms with Gasteiger partial charge in [0.15, 0.2) is 5.16 Å². The first-order chi connectivity index (χ1) is 8.25. The topological polar surface area (TPSA) is 43.4 Å². The van der Waals surface area contributed by atoms with Crippen LogP contribution in [0.3, 0.4) is 0 Å². The van der Waals surface area contributed by atoms with Crippen LogP contribution in [0.25, 0.3) is 0 Å². The van der Waals surface area contributed by atoms with Crippen LogP contribution in [-0.2, 0) is 63.2 Å². The molecule has 0 atom stereocenters. The molecule has 0 unspecified atom stereocenters. The van der Waals surface area contributed by atoms with Crippen molar-refractivity contribution in [1.82, 2.24) is 19.6 Å². The molecule has 6 nitrogen and oxygen atoms in total. The first-order valence-corrected chi connectivity index (χ1v) is 5.94. The SMILES string of the molecule is Cc1n(C)nc([S-])[n+]1C.[Au].[CH2-]c1nn(C)c(C)[n+]1C. The molecule has 0 aliphatic rings. The van der Waals surface area contributed by atoms with Gasteiger partial charge in [0.25, 0.3) is 0 Å². The van der Waals surface area contributed by atoms with Gasteiger partial charge in [-0.3, -0.25) is 9.13 Å². The molecule has 0 fully saturated rings. The van der Waals surface area contributed by atoms with Crippen LogP contribution in [0.4, 0.5) is 0 Å². The number of aromatic nitrogens is 6. The molecule has 0 aromatic carbocycles. The zero-order chi connectivity index (χ0) is 14.0. The van der Waals surface area contributed by atoms with E-state index in [1.165, 1.54) is 0 Å². The second-order valence-corrected chi connectivity index (χ2v) is 4.52. The van der Waals surface area contributed by atoms with Gasteiger partial charge in [0.2, 0.25) is 11.6 Å². The van der Waals surface area contributed by atoms with Gasteiger partial charge in [0.1, 0.15) is 5.82 Å². The van der Waals surface area contributed by atoms with E-state index >= 15 is 0 Å². The van der Waals surface area contributed by atoms with Crippen LogP contribution in [0.5, 0.6) is 0 Å². The zero-order valence-corrected chi connectivity index (χ0v) is 15.1. The third-order valence-corrected chi connectivity index (χ3v) is 3.44. The summed E-state index contributed by atoms with van der Waals surface area (Å²) in [4.78, 5) is 0. The van der Waals surface area contributed by atoms with Crippen LogP contribution >= 0.6 is 0 Å². The monoisotopic (exact) mass is 465 g/mol. The molecule has 0 amide bonds. The zero-order valence-electron chi connectivity index (χ0n) is 12.1. The summed E-state index contributed by atoms with van der Waals surface area (Å²) in [6, 6.07) is 0. The Balaban J connectivity index is 0.000000324. The van der Waals surface area contributed by atoms with Crippen molar-refractivity contribution in [3.63, 3.8) is 0 Å². The van der Waals surface area contributed by atoms with Crippen LogP contribution in [0.1, 0.15) is 17.5 Å². The molecule has 0 bridgehead atoms. The molecular weight excluding hydrogens is 445 g/mol. The summed E-state index contributed by atoms with van der Waals surface area (Å²) in [6.07, 6.45) is 0. The normalized spacial score (nSPS) is 9.58. The Morgan fingerprint density at radius 2 is 1.42 bits per heavy atom. The van der Waals surface area contributed by atoms with Crippen molar-refractivity contribution in [2.75, 3.05) is 0 Å². The first kappa shape index (κ1) is 18.1. The van der Waals surface area contributed by atoms with Gasteiger partial charge in [-0.05, 0) is 0 Å². The van der Waals surface area contributed by atoms with E-state index in [9.17, 15) is 0 Å². The molecule has 0 aliphatic carbocycles. The minimum Gasteiger partial charge on any atom is -0.703 e. The van der Waals surface area contributed by atoms with E-state index in [0.717, 1.165) is 17.5 Å². The molecule has 0 spiro atoms. The molecule has 0 aliphatic heterocycles.